The van der Waals surface area contributed by atoms with Gasteiger partial charge >= 0.3 is 0 Å². The summed E-state index contributed by atoms with van der Waals surface area (Å²) in [5, 5.41) is 4.31. The molecule has 19 heavy (non-hydrogen) atoms. The van der Waals surface area contributed by atoms with E-state index in [0.29, 0.717) is 0 Å². The van der Waals surface area contributed by atoms with Crippen LogP contribution in [0, 0.1) is 0 Å². The fourth-order valence-corrected chi connectivity index (χ4v) is 3.13. The molecule has 0 aliphatic carbocycles. The van der Waals surface area contributed by atoms with E-state index in [2.05, 4.69) is 11.6 Å². The van der Waals surface area contributed by atoms with Crippen LogP contribution in [0.3, 0.4) is 0 Å². The normalized spacial score (nSPS) is 13.4. The number of hydrogen-bond acceptors (Lipinski definition) is 3. The van der Waals surface area contributed by atoms with Crippen molar-refractivity contribution in [2.75, 3.05) is 25.2 Å². The lowest BCUT2D eigenvalue weighted by Gasteiger charge is -2.10. The first kappa shape index (κ1) is 15.0. The van der Waals surface area contributed by atoms with Crippen LogP contribution in [-0.4, -0.2) is 25.2 Å². The molecular formula is C15H22ClNOS. The first-order valence-electron chi connectivity index (χ1n) is 6.95. The number of fused-ring (bicyclic) bond motifs is 1. The van der Waals surface area contributed by atoms with Gasteiger partial charge in [-0.05, 0) is 49.1 Å². The molecule has 2 rings (SSSR count). The lowest BCUT2D eigenvalue weighted by atomic mass is 10.1. The van der Waals surface area contributed by atoms with Crippen LogP contribution in [0.2, 0.25) is 5.02 Å². The maximum Gasteiger partial charge on any atom is 0.127 e. The molecule has 1 aromatic rings. The van der Waals surface area contributed by atoms with E-state index >= 15 is 0 Å². The van der Waals surface area contributed by atoms with Gasteiger partial charge in [0, 0.05) is 23.6 Å². The first-order valence-corrected chi connectivity index (χ1v) is 8.72. The Hall–Kier alpha value is -0.380. The Morgan fingerprint density at radius 2 is 2.21 bits per heavy atom. The summed E-state index contributed by atoms with van der Waals surface area (Å²) in [6.07, 6.45) is 7.01. The fraction of sp³-hybridized carbons (Fsp3) is 0.600. The van der Waals surface area contributed by atoms with E-state index in [1.165, 1.54) is 36.1 Å². The SMILES string of the molecule is CSCCCCCNCc1cc(Cl)cc2c1OCC2. The molecule has 1 heterocycles. The summed E-state index contributed by atoms with van der Waals surface area (Å²) in [7, 11) is 0. The molecule has 4 heteroatoms. The second kappa shape index (κ2) is 8.03. The molecule has 0 spiro atoms. The number of benzene rings is 1. The number of thioether (sulfide) groups is 1. The van der Waals surface area contributed by atoms with E-state index in [9.17, 15) is 0 Å². The molecule has 1 N–H and O–H groups in total. The highest BCUT2D eigenvalue weighted by atomic mass is 35.5. The Labute approximate surface area is 125 Å². The van der Waals surface area contributed by atoms with Gasteiger partial charge in [-0.2, -0.15) is 11.8 Å². The molecule has 0 unspecified atom stereocenters. The molecule has 0 saturated heterocycles. The van der Waals surface area contributed by atoms with E-state index in [4.69, 9.17) is 16.3 Å². The molecule has 1 aromatic carbocycles. The smallest absolute Gasteiger partial charge is 0.127 e. The van der Waals surface area contributed by atoms with Crippen molar-refractivity contribution in [2.24, 2.45) is 0 Å². The van der Waals surface area contributed by atoms with Gasteiger partial charge in [-0.3, -0.25) is 0 Å². The third-order valence-corrected chi connectivity index (χ3v) is 4.26. The van der Waals surface area contributed by atoms with E-state index in [1.807, 2.05) is 23.9 Å². The minimum Gasteiger partial charge on any atom is -0.493 e. The van der Waals surface area contributed by atoms with Crippen LogP contribution in [0.4, 0.5) is 0 Å². The average molecular weight is 300 g/mol. The Kier molecular flexibility index (Phi) is 6.35. The van der Waals surface area contributed by atoms with Crippen LogP contribution >= 0.6 is 23.4 Å². The molecule has 0 bridgehead atoms. The van der Waals surface area contributed by atoms with Gasteiger partial charge in [-0.25, -0.2) is 0 Å². The van der Waals surface area contributed by atoms with Gasteiger partial charge in [0.15, 0.2) is 0 Å². The van der Waals surface area contributed by atoms with Crippen LogP contribution in [0.15, 0.2) is 12.1 Å². The molecule has 1 aliphatic rings. The van der Waals surface area contributed by atoms with Gasteiger partial charge in [-0.15, -0.1) is 0 Å². The van der Waals surface area contributed by atoms with Crippen LogP contribution in [0.25, 0.3) is 0 Å². The molecule has 1 aliphatic heterocycles. The summed E-state index contributed by atoms with van der Waals surface area (Å²) in [6.45, 7) is 2.71. The van der Waals surface area contributed by atoms with Gasteiger partial charge in [0.2, 0.25) is 0 Å². The van der Waals surface area contributed by atoms with E-state index in [0.717, 1.165) is 36.9 Å². The number of ether oxygens (including phenoxy) is 1. The lowest BCUT2D eigenvalue weighted by Crippen LogP contribution is -2.15. The number of halogens is 1. The van der Waals surface area contributed by atoms with E-state index < -0.39 is 0 Å². The van der Waals surface area contributed by atoms with Gasteiger partial charge < -0.3 is 10.1 Å². The highest BCUT2D eigenvalue weighted by Gasteiger charge is 2.16. The third kappa shape index (κ3) is 4.59. The molecule has 0 amide bonds. The minimum atomic E-state index is 0.789. The molecule has 0 saturated carbocycles. The highest BCUT2D eigenvalue weighted by Crippen LogP contribution is 2.32. The van der Waals surface area contributed by atoms with E-state index in [-0.39, 0.29) is 0 Å². The zero-order chi connectivity index (χ0) is 13.5. The van der Waals surface area contributed by atoms with Crippen molar-refractivity contribution in [3.63, 3.8) is 0 Å². The first-order chi connectivity index (χ1) is 9.31. The molecular weight excluding hydrogens is 278 g/mol. The minimum absolute atomic E-state index is 0.789. The second-order valence-corrected chi connectivity index (χ2v) is 6.30. The van der Waals surface area contributed by atoms with Gasteiger partial charge in [0.05, 0.1) is 6.61 Å². The molecule has 2 nitrogen and oxygen atoms in total. The van der Waals surface area contributed by atoms with Crippen molar-refractivity contribution < 1.29 is 4.74 Å². The number of nitrogens with one attached hydrogen (secondary N) is 1. The van der Waals surface area contributed by atoms with Crippen LogP contribution in [-0.2, 0) is 13.0 Å². The molecule has 106 valence electrons. The quantitative estimate of drug-likeness (QED) is 0.736. The molecule has 0 fully saturated rings. The van der Waals surface area contributed by atoms with Crippen LogP contribution in [0.5, 0.6) is 5.75 Å². The van der Waals surface area contributed by atoms with Crippen molar-refractivity contribution in [3.8, 4) is 5.75 Å². The number of rotatable bonds is 8. The predicted molar refractivity (Wildman–Crippen MR) is 84.6 cm³/mol. The van der Waals surface area contributed by atoms with Gasteiger partial charge in [-0.1, -0.05) is 18.0 Å². The maximum absolute atomic E-state index is 6.14. The van der Waals surface area contributed by atoms with Crippen molar-refractivity contribution in [3.05, 3.63) is 28.3 Å². The van der Waals surface area contributed by atoms with E-state index in [1.54, 1.807) is 0 Å². The monoisotopic (exact) mass is 299 g/mol. The highest BCUT2D eigenvalue weighted by molar-refractivity contribution is 7.98. The number of unbranched alkanes of at least 4 members (excludes halogenated alkanes) is 2. The van der Waals surface area contributed by atoms with Crippen molar-refractivity contribution in [1.29, 1.82) is 0 Å². The fourth-order valence-electron chi connectivity index (χ4n) is 2.37. The van der Waals surface area contributed by atoms with Crippen LogP contribution in [0.1, 0.15) is 30.4 Å². The lowest BCUT2D eigenvalue weighted by molar-refractivity contribution is 0.352. The Balaban J connectivity index is 1.74. The van der Waals surface area contributed by atoms with Crippen molar-refractivity contribution >= 4 is 23.4 Å². The zero-order valence-corrected chi connectivity index (χ0v) is 13.1. The molecule has 0 aromatic heterocycles. The summed E-state index contributed by atoms with van der Waals surface area (Å²) in [5.41, 5.74) is 2.45. The maximum atomic E-state index is 6.14. The Morgan fingerprint density at radius 1 is 1.32 bits per heavy atom. The second-order valence-electron chi connectivity index (χ2n) is 4.88. The van der Waals surface area contributed by atoms with Crippen LogP contribution < -0.4 is 10.1 Å². The number of hydrogen-bond donors (Lipinski definition) is 1. The third-order valence-electron chi connectivity index (χ3n) is 3.34. The van der Waals surface area contributed by atoms with Crippen molar-refractivity contribution in [1.82, 2.24) is 5.32 Å². The summed E-state index contributed by atoms with van der Waals surface area (Å²) < 4.78 is 5.69. The summed E-state index contributed by atoms with van der Waals surface area (Å²) in [6, 6.07) is 4.04. The predicted octanol–water partition coefficient (Wildman–Crippen LogP) is 3.90. The molecule has 0 atom stereocenters. The summed E-state index contributed by atoms with van der Waals surface area (Å²) in [5.74, 6) is 2.33. The zero-order valence-electron chi connectivity index (χ0n) is 11.5. The van der Waals surface area contributed by atoms with Crippen molar-refractivity contribution in [2.45, 2.75) is 32.2 Å². The summed E-state index contributed by atoms with van der Waals surface area (Å²) >= 11 is 8.07. The van der Waals surface area contributed by atoms with Gasteiger partial charge in [0.1, 0.15) is 5.75 Å². The average Bonchev–Trinajstić information content (AvgIpc) is 2.85. The standard InChI is InChI=1S/C15H22ClNOS/c1-19-8-4-2-3-6-17-11-13-10-14(16)9-12-5-7-18-15(12)13/h9-10,17H,2-8,11H2,1H3. The molecule has 0 radical (unpaired) electrons. The Bertz CT molecular complexity index is 411. The topological polar surface area (TPSA) is 21.3 Å². The largest absolute Gasteiger partial charge is 0.493 e. The Morgan fingerprint density at radius 3 is 3.05 bits per heavy atom. The summed E-state index contributed by atoms with van der Waals surface area (Å²) in [4.78, 5) is 0. The van der Waals surface area contributed by atoms with Gasteiger partial charge in [0.25, 0.3) is 0 Å².